The summed E-state index contributed by atoms with van der Waals surface area (Å²) in [6.07, 6.45) is 0. The molecule has 0 aromatic heterocycles. The lowest BCUT2D eigenvalue weighted by atomic mass is 10.3. The topological polar surface area (TPSA) is 55.6 Å². The third kappa shape index (κ3) is 4.25. The maximum atomic E-state index is 10.5. The van der Waals surface area contributed by atoms with Crippen molar-refractivity contribution in [2.45, 2.75) is 0 Å². The highest BCUT2D eigenvalue weighted by Crippen LogP contribution is 2.17. The summed E-state index contributed by atoms with van der Waals surface area (Å²) in [7, 11) is 1.87. The Morgan fingerprint density at radius 1 is 1.14 bits per heavy atom. The maximum Gasteiger partial charge on any atom is 0.269 e. The molecule has 5 nitrogen and oxygen atoms in total. The molecule has 0 radical (unpaired) electrons. The van der Waals surface area contributed by atoms with Crippen molar-refractivity contribution in [2.75, 3.05) is 18.6 Å². The van der Waals surface area contributed by atoms with Crippen LogP contribution < -0.4 is 9.64 Å². The Morgan fingerprint density at radius 3 is 2.43 bits per heavy atom. The van der Waals surface area contributed by atoms with Gasteiger partial charge in [0.25, 0.3) is 5.69 Å². The van der Waals surface area contributed by atoms with Crippen LogP contribution in [0.25, 0.3) is 0 Å². The first-order valence-electron chi connectivity index (χ1n) is 6.31. The van der Waals surface area contributed by atoms with Gasteiger partial charge in [-0.3, -0.25) is 10.1 Å². The maximum absolute atomic E-state index is 10.5. The van der Waals surface area contributed by atoms with Crippen LogP contribution in [0, 0.1) is 22.1 Å². The first kappa shape index (κ1) is 14.4. The Hall–Kier alpha value is -3.00. The lowest BCUT2D eigenvalue weighted by Gasteiger charge is -2.09. The summed E-state index contributed by atoms with van der Waals surface area (Å²) < 4.78 is 5.40. The van der Waals surface area contributed by atoms with E-state index in [9.17, 15) is 10.1 Å². The van der Waals surface area contributed by atoms with Crippen LogP contribution in [0.15, 0.2) is 54.6 Å². The van der Waals surface area contributed by atoms with Crippen LogP contribution in [0.5, 0.6) is 5.75 Å². The predicted molar refractivity (Wildman–Crippen MR) is 81.2 cm³/mol. The molecule has 106 valence electrons. The summed E-state index contributed by atoms with van der Waals surface area (Å²) in [6, 6.07) is 18.6. The van der Waals surface area contributed by atoms with Gasteiger partial charge in [-0.15, -0.1) is 0 Å². The number of ether oxygens (including phenoxy) is 1. The lowest BCUT2D eigenvalue weighted by molar-refractivity contribution is -0.384. The van der Waals surface area contributed by atoms with E-state index in [1.54, 1.807) is 17.0 Å². The van der Waals surface area contributed by atoms with Gasteiger partial charge >= 0.3 is 0 Å². The van der Waals surface area contributed by atoms with Gasteiger partial charge in [0, 0.05) is 30.9 Å². The molecule has 0 unspecified atom stereocenters. The fourth-order valence-corrected chi connectivity index (χ4v) is 1.65. The van der Waals surface area contributed by atoms with Crippen molar-refractivity contribution in [2.24, 2.45) is 0 Å². The Morgan fingerprint density at radius 2 is 1.81 bits per heavy atom. The average molecular weight is 282 g/mol. The van der Waals surface area contributed by atoms with Crippen molar-refractivity contribution in [3.05, 3.63) is 64.7 Å². The van der Waals surface area contributed by atoms with Crippen molar-refractivity contribution < 1.29 is 9.66 Å². The normalized spacial score (nSPS) is 9.38. The van der Waals surface area contributed by atoms with Gasteiger partial charge in [-0.2, -0.15) is 0 Å². The highest BCUT2D eigenvalue weighted by atomic mass is 16.6. The van der Waals surface area contributed by atoms with Gasteiger partial charge in [-0.25, -0.2) is 0 Å². The monoisotopic (exact) mass is 282 g/mol. The molecule has 0 spiro atoms. The van der Waals surface area contributed by atoms with Gasteiger partial charge in [0.2, 0.25) is 0 Å². The minimum atomic E-state index is -0.446. The van der Waals surface area contributed by atoms with Crippen LogP contribution >= 0.6 is 0 Å². The van der Waals surface area contributed by atoms with Gasteiger partial charge in [0.1, 0.15) is 5.75 Å². The lowest BCUT2D eigenvalue weighted by Crippen LogP contribution is -2.09. The van der Waals surface area contributed by atoms with Crippen LogP contribution in [-0.2, 0) is 0 Å². The fraction of sp³-hybridized carbons (Fsp3) is 0.125. The van der Waals surface area contributed by atoms with Crippen LogP contribution in [-0.4, -0.2) is 18.6 Å². The molecule has 0 bridgehead atoms. The number of hydrogen-bond acceptors (Lipinski definition) is 4. The second kappa shape index (κ2) is 6.96. The molecule has 2 rings (SSSR count). The number of rotatable bonds is 4. The fourth-order valence-electron chi connectivity index (χ4n) is 1.65. The number of anilines is 1. The zero-order chi connectivity index (χ0) is 15.1. The number of nitro groups is 1. The molecule has 2 aromatic carbocycles. The van der Waals surface area contributed by atoms with E-state index in [1.807, 2.05) is 37.4 Å². The molecule has 0 aliphatic carbocycles. The second-order valence-corrected chi connectivity index (χ2v) is 4.22. The standard InChI is InChI=1S/C16H14N2O3/c1-17(14-6-3-2-4-7-14)12-5-13-21-16-10-8-15(9-11-16)18(19)20/h2-4,6-11H,13H2,1H3. The van der Waals surface area contributed by atoms with Crippen molar-refractivity contribution in [1.29, 1.82) is 0 Å². The molecule has 0 amide bonds. The zero-order valence-corrected chi connectivity index (χ0v) is 11.5. The Kier molecular flexibility index (Phi) is 4.78. The third-order valence-electron chi connectivity index (χ3n) is 2.75. The molecular weight excluding hydrogens is 268 g/mol. The first-order chi connectivity index (χ1) is 10.2. The number of para-hydroxylation sites is 1. The smallest absolute Gasteiger partial charge is 0.269 e. The third-order valence-corrected chi connectivity index (χ3v) is 2.75. The van der Waals surface area contributed by atoms with E-state index >= 15 is 0 Å². The Bertz CT molecular complexity index is 657. The van der Waals surface area contributed by atoms with Gasteiger partial charge in [-0.1, -0.05) is 18.2 Å². The zero-order valence-electron chi connectivity index (χ0n) is 11.5. The van der Waals surface area contributed by atoms with Crippen molar-refractivity contribution in [3.63, 3.8) is 0 Å². The largest absolute Gasteiger partial charge is 0.481 e. The van der Waals surface area contributed by atoms with E-state index in [4.69, 9.17) is 4.74 Å². The van der Waals surface area contributed by atoms with E-state index in [0.717, 1.165) is 5.69 Å². The average Bonchev–Trinajstić information content (AvgIpc) is 2.52. The SMILES string of the molecule is CN(C#CCOc1ccc([N+](=O)[O-])cc1)c1ccccc1. The van der Waals surface area contributed by atoms with Crippen LogP contribution in [0.2, 0.25) is 0 Å². The summed E-state index contributed by atoms with van der Waals surface area (Å²) in [5.41, 5.74) is 1.04. The summed E-state index contributed by atoms with van der Waals surface area (Å²) in [5.74, 6) is 3.44. The molecule has 0 aliphatic heterocycles. The highest BCUT2D eigenvalue weighted by molar-refractivity contribution is 5.50. The number of benzene rings is 2. The number of hydrogen-bond donors (Lipinski definition) is 0. The molecule has 0 atom stereocenters. The molecule has 0 fully saturated rings. The molecule has 21 heavy (non-hydrogen) atoms. The highest BCUT2D eigenvalue weighted by Gasteiger charge is 2.03. The van der Waals surface area contributed by atoms with E-state index in [2.05, 4.69) is 12.0 Å². The van der Waals surface area contributed by atoms with Gasteiger partial charge < -0.3 is 9.64 Å². The van der Waals surface area contributed by atoms with Crippen molar-refractivity contribution in [3.8, 4) is 17.7 Å². The number of nitrogens with zero attached hydrogens (tertiary/aromatic N) is 2. The molecular formula is C16H14N2O3. The molecule has 0 N–H and O–H groups in total. The van der Waals surface area contributed by atoms with E-state index in [-0.39, 0.29) is 12.3 Å². The second-order valence-electron chi connectivity index (χ2n) is 4.22. The number of non-ortho nitro benzene ring substituents is 1. The van der Waals surface area contributed by atoms with Gasteiger partial charge in [0.05, 0.1) is 4.92 Å². The van der Waals surface area contributed by atoms with Crippen LogP contribution in [0.1, 0.15) is 0 Å². The van der Waals surface area contributed by atoms with Gasteiger partial charge in [-0.05, 0) is 30.2 Å². The molecule has 0 saturated carbocycles. The van der Waals surface area contributed by atoms with E-state index in [0.29, 0.717) is 5.75 Å². The molecule has 0 saturated heterocycles. The minimum Gasteiger partial charge on any atom is -0.481 e. The Balaban J connectivity index is 1.87. The quantitative estimate of drug-likeness (QED) is 0.374. The molecule has 0 aliphatic rings. The van der Waals surface area contributed by atoms with E-state index in [1.165, 1.54) is 12.1 Å². The minimum absolute atomic E-state index is 0.0391. The first-order valence-corrected chi connectivity index (χ1v) is 6.31. The molecule has 5 heteroatoms. The summed E-state index contributed by atoms with van der Waals surface area (Å²) in [5, 5.41) is 10.5. The Labute approximate surface area is 122 Å². The van der Waals surface area contributed by atoms with E-state index < -0.39 is 4.92 Å². The summed E-state index contributed by atoms with van der Waals surface area (Å²) in [6.45, 7) is 0.217. The van der Waals surface area contributed by atoms with Crippen molar-refractivity contribution >= 4 is 11.4 Å². The van der Waals surface area contributed by atoms with Crippen LogP contribution in [0.4, 0.5) is 11.4 Å². The summed E-state index contributed by atoms with van der Waals surface area (Å²) in [4.78, 5) is 11.9. The van der Waals surface area contributed by atoms with Crippen LogP contribution in [0.3, 0.4) is 0 Å². The molecule has 2 aromatic rings. The molecule has 0 heterocycles. The number of nitro benzene ring substituents is 1. The van der Waals surface area contributed by atoms with Crippen molar-refractivity contribution in [1.82, 2.24) is 0 Å². The predicted octanol–water partition coefficient (Wildman–Crippen LogP) is 3.07. The summed E-state index contributed by atoms with van der Waals surface area (Å²) >= 11 is 0. The van der Waals surface area contributed by atoms with Gasteiger partial charge in [0.15, 0.2) is 6.61 Å².